The highest BCUT2D eigenvalue weighted by Gasteiger charge is 2.19. The molecule has 1 N–H and O–H groups in total. The SMILES string of the molecule is CC(OC(=O)CCCNC(=O)c1ccc(F)cc1F)c1nnc(-c2cccs2)o1. The van der Waals surface area contributed by atoms with Crippen molar-refractivity contribution in [2.45, 2.75) is 25.9 Å². The van der Waals surface area contributed by atoms with Crippen molar-refractivity contribution in [2.75, 3.05) is 6.54 Å². The number of nitrogens with one attached hydrogen (secondary N) is 1. The van der Waals surface area contributed by atoms with Crippen molar-refractivity contribution >= 4 is 23.2 Å². The molecule has 0 spiro atoms. The molecule has 29 heavy (non-hydrogen) atoms. The maximum absolute atomic E-state index is 13.5. The predicted octanol–water partition coefficient (Wildman–Crippen LogP) is 3.89. The summed E-state index contributed by atoms with van der Waals surface area (Å²) in [6, 6.07) is 6.39. The van der Waals surface area contributed by atoms with Gasteiger partial charge in [-0.3, -0.25) is 9.59 Å². The van der Waals surface area contributed by atoms with Gasteiger partial charge in [-0.1, -0.05) is 6.07 Å². The van der Waals surface area contributed by atoms with Gasteiger partial charge in [0, 0.05) is 19.0 Å². The Morgan fingerprint density at radius 1 is 1.28 bits per heavy atom. The number of hydrogen-bond donors (Lipinski definition) is 1. The van der Waals surface area contributed by atoms with Crippen molar-refractivity contribution in [2.24, 2.45) is 0 Å². The number of aromatic nitrogens is 2. The Hall–Kier alpha value is -3.14. The maximum atomic E-state index is 13.5. The molecule has 0 bridgehead atoms. The van der Waals surface area contributed by atoms with Gasteiger partial charge in [0.1, 0.15) is 11.6 Å². The van der Waals surface area contributed by atoms with Crippen LogP contribution in [0.2, 0.25) is 0 Å². The number of benzene rings is 1. The minimum absolute atomic E-state index is 0.0302. The summed E-state index contributed by atoms with van der Waals surface area (Å²) >= 11 is 1.45. The van der Waals surface area contributed by atoms with Gasteiger partial charge in [-0.05, 0) is 36.9 Å². The Labute approximate surface area is 168 Å². The molecule has 0 aliphatic rings. The van der Waals surface area contributed by atoms with E-state index in [-0.39, 0.29) is 30.8 Å². The standard InChI is InChI=1S/C19H17F2N3O4S/c1-11(18-23-24-19(28-18)15-4-3-9-29-15)27-16(25)5-2-8-22-17(26)13-7-6-12(20)10-14(13)21/h3-4,6-7,9-11H,2,5,8H2,1H3,(H,22,26). The number of rotatable bonds is 8. The van der Waals surface area contributed by atoms with Crippen molar-refractivity contribution < 1.29 is 27.5 Å². The number of carbonyl (C=O) groups excluding carboxylic acids is 2. The lowest BCUT2D eigenvalue weighted by Gasteiger charge is -2.10. The highest BCUT2D eigenvalue weighted by molar-refractivity contribution is 7.13. The van der Waals surface area contributed by atoms with E-state index in [9.17, 15) is 18.4 Å². The molecule has 1 amide bonds. The van der Waals surface area contributed by atoms with Crippen LogP contribution in [0.3, 0.4) is 0 Å². The Morgan fingerprint density at radius 2 is 2.10 bits per heavy atom. The first kappa shape index (κ1) is 20.6. The van der Waals surface area contributed by atoms with Crippen LogP contribution in [0, 0.1) is 11.6 Å². The maximum Gasteiger partial charge on any atom is 0.306 e. The number of amides is 1. The topological polar surface area (TPSA) is 94.3 Å². The molecule has 3 rings (SSSR count). The lowest BCUT2D eigenvalue weighted by Crippen LogP contribution is -2.26. The van der Waals surface area contributed by atoms with Crippen molar-refractivity contribution in [3.8, 4) is 10.8 Å². The van der Waals surface area contributed by atoms with E-state index in [0.29, 0.717) is 12.0 Å². The van der Waals surface area contributed by atoms with Crippen LogP contribution in [0.5, 0.6) is 0 Å². The van der Waals surface area contributed by atoms with Crippen LogP contribution in [-0.2, 0) is 9.53 Å². The molecule has 0 saturated carbocycles. The predicted molar refractivity (Wildman–Crippen MR) is 100 cm³/mol. The molecular formula is C19H17F2N3O4S. The third-order valence-corrected chi connectivity index (χ3v) is 4.71. The summed E-state index contributed by atoms with van der Waals surface area (Å²) in [6.07, 6.45) is -0.404. The molecule has 0 aliphatic carbocycles. The summed E-state index contributed by atoms with van der Waals surface area (Å²) < 4.78 is 37.2. The van der Waals surface area contributed by atoms with Gasteiger partial charge in [0.05, 0.1) is 10.4 Å². The molecule has 0 saturated heterocycles. The van der Waals surface area contributed by atoms with E-state index in [1.54, 1.807) is 6.92 Å². The smallest absolute Gasteiger partial charge is 0.306 e. The van der Waals surface area contributed by atoms with Gasteiger partial charge in [0.2, 0.25) is 0 Å². The first-order chi connectivity index (χ1) is 13.9. The van der Waals surface area contributed by atoms with Crippen LogP contribution in [0.4, 0.5) is 8.78 Å². The lowest BCUT2D eigenvalue weighted by molar-refractivity contribution is -0.149. The average molecular weight is 421 g/mol. The molecule has 1 atom stereocenters. The van der Waals surface area contributed by atoms with Crippen molar-refractivity contribution in [3.63, 3.8) is 0 Å². The molecule has 152 valence electrons. The van der Waals surface area contributed by atoms with Crippen LogP contribution in [0.25, 0.3) is 10.8 Å². The lowest BCUT2D eigenvalue weighted by atomic mass is 10.2. The number of ether oxygens (including phenoxy) is 1. The summed E-state index contributed by atoms with van der Waals surface area (Å²) in [7, 11) is 0. The van der Waals surface area contributed by atoms with Crippen LogP contribution in [0.15, 0.2) is 40.1 Å². The Kier molecular flexibility index (Phi) is 6.65. The second-order valence-electron chi connectivity index (χ2n) is 6.04. The van der Waals surface area contributed by atoms with Crippen LogP contribution in [-0.4, -0.2) is 28.6 Å². The summed E-state index contributed by atoms with van der Waals surface area (Å²) in [5.41, 5.74) is -0.263. The molecule has 2 heterocycles. The van der Waals surface area contributed by atoms with E-state index in [0.717, 1.165) is 17.0 Å². The normalized spacial score (nSPS) is 11.8. The highest BCUT2D eigenvalue weighted by Crippen LogP contribution is 2.25. The number of nitrogens with zero attached hydrogens (tertiary/aromatic N) is 2. The van der Waals surface area contributed by atoms with Gasteiger partial charge in [-0.25, -0.2) is 8.78 Å². The van der Waals surface area contributed by atoms with Crippen LogP contribution >= 0.6 is 11.3 Å². The molecule has 1 unspecified atom stereocenters. The Balaban J connectivity index is 1.41. The zero-order valence-corrected chi connectivity index (χ0v) is 16.2. The minimum Gasteiger partial charge on any atom is -0.453 e. The molecule has 10 heteroatoms. The number of esters is 1. The Morgan fingerprint density at radius 3 is 2.83 bits per heavy atom. The second kappa shape index (κ2) is 9.37. The van der Waals surface area contributed by atoms with Crippen molar-refractivity contribution in [1.29, 1.82) is 0 Å². The highest BCUT2D eigenvalue weighted by atomic mass is 32.1. The largest absolute Gasteiger partial charge is 0.453 e. The first-order valence-corrected chi connectivity index (χ1v) is 9.62. The van der Waals surface area contributed by atoms with Crippen molar-refractivity contribution in [3.05, 3.63) is 58.8 Å². The van der Waals surface area contributed by atoms with Gasteiger partial charge in [-0.2, -0.15) is 0 Å². The summed E-state index contributed by atoms with van der Waals surface area (Å²) in [5, 5.41) is 12.2. The monoisotopic (exact) mass is 421 g/mol. The van der Waals surface area contributed by atoms with Crippen LogP contribution in [0.1, 0.15) is 42.1 Å². The molecule has 2 aromatic heterocycles. The molecule has 7 nitrogen and oxygen atoms in total. The Bertz CT molecular complexity index is 991. The van der Waals surface area contributed by atoms with Crippen LogP contribution < -0.4 is 5.32 Å². The van der Waals surface area contributed by atoms with Gasteiger partial charge in [0.15, 0.2) is 6.10 Å². The molecule has 1 aromatic carbocycles. The third-order valence-electron chi connectivity index (χ3n) is 3.85. The van der Waals surface area contributed by atoms with E-state index in [1.165, 1.54) is 11.3 Å². The van der Waals surface area contributed by atoms with E-state index in [2.05, 4.69) is 15.5 Å². The van der Waals surface area contributed by atoms with E-state index < -0.39 is 29.6 Å². The van der Waals surface area contributed by atoms with Gasteiger partial charge in [0.25, 0.3) is 17.7 Å². The summed E-state index contributed by atoms with van der Waals surface area (Å²) in [5.74, 6) is -2.36. The quantitative estimate of drug-likeness (QED) is 0.438. The first-order valence-electron chi connectivity index (χ1n) is 8.74. The number of hydrogen-bond acceptors (Lipinski definition) is 7. The van der Waals surface area contributed by atoms with Gasteiger partial charge < -0.3 is 14.5 Å². The molecule has 3 aromatic rings. The molecular weight excluding hydrogens is 404 g/mol. The van der Waals surface area contributed by atoms with E-state index in [4.69, 9.17) is 9.15 Å². The summed E-state index contributed by atoms with van der Waals surface area (Å²) in [4.78, 5) is 24.6. The zero-order valence-electron chi connectivity index (χ0n) is 15.4. The number of carbonyl (C=O) groups is 2. The second-order valence-corrected chi connectivity index (χ2v) is 6.99. The molecule has 0 fully saturated rings. The third kappa shape index (κ3) is 5.44. The van der Waals surface area contributed by atoms with E-state index >= 15 is 0 Å². The minimum atomic E-state index is -0.947. The fourth-order valence-electron chi connectivity index (χ4n) is 2.41. The van der Waals surface area contributed by atoms with Gasteiger partial charge >= 0.3 is 5.97 Å². The van der Waals surface area contributed by atoms with E-state index in [1.807, 2.05) is 17.5 Å². The fraction of sp³-hybridized carbons (Fsp3) is 0.263. The number of thiophene rings is 1. The summed E-state index contributed by atoms with van der Waals surface area (Å²) in [6.45, 7) is 1.74. The van der Waals surface area contributed by atoms with Gasteiger partial charge in [-0.15, -0.1) is 21.5 Å². The van der Waals surface area contributed by atoms with Crippen molar-refractivity contribution in [1.82, 2.24) is 15.5 Å². The number of halogens is 2. The average Bonchev–Trinajstić information content (AvgIpc) is 3.36. The zero-order chi connectivity index (χ0) is 20.8. The fourth-order valence-corrected chi connectivity index (χ4v) is 3.05. The molecule has 0 aliphatic heterocycles. The molecule has 0 radical (unpaired) electrons.